The van der Waals surface area contributed by atoms with E-state index in [0.717, 1.165) is 33.6 Å². The number of fused-ring (bicyclic) bond motifs is 4. The Bertz CT molecular complexity index is 2000. The molecule has 0 aliphatic rings. The summed E-state index contributed by atoms with van der Waals surface area (Å²) in [5.74, 6) is 1.81. The van der Waals surface area contributed by atoms with Gasteiger partial charge in [0.2, 0.25) is 0 Å². The average Bonchev–Trinajstić information content (AvgIpc) is 3.41. The first-order valence-corrected chi connectivity index (χ1v) is 13.1. The summed E-state index contributed by atoms with van der Waals surface area (Å²) in [6, 6.07) is 35.0. The van der Waals surface area contributed by atoms with E-state index in [1.807, 2.05) is 114 Å². The second kappa shape index (κ2) is 9.24. The molecule has 0 radical (unpaired) electrons. The van der Waals surface area contributed by atoms with Crippen LogP contribution in [-0.2, 0) is 5.75 Å². The van der Waals surface area contributed by atoms with Crippen LogP contribution >= 0.6 is 11.8 Å². The molecule has 0 saturated carbocycles. The summed E-state index contributed by atoms with van der Waals surface area (Å²) in [7, 11) is 0. The Labute approximate surface area is 221 Å². The standard InChI is InChI=1S/C30H20N6OS/c37-29-23-16-8-10-18-25(23)31-26(35(29)21-13-5-2-6-14-21)19-38-30-34-33-28-22-15-7-9-17-24(22)32-27(36(28)30)20-11-3-1-4-12-20/h1-18H,19H2. The predicted molar refractivity (Wildman–Crippen MR) is 151 cm³/mol. The van der Waals surface area contributed by atoms with Crippen LogP contribution in [0, 0.1) is 0 Å². The molecule has 0 atom stereocenters. The Morgan fingerprint density at radius 2 is 1.29 bits per heavy atom. The van der Waals surface area contributed by atoms with Gasteiger partial charge in [-0.2, -0.15) is 0 Å². The molecule has 38 heavy (non-hydrogen) atoms. The van der Waals surface area contributed by atoms with Crippen LogP contribution in [0.15, 0.2) is 119 Å². The molecule has 182 valence electrons. The van der Waals surface area contributed by atoms with Crippen molar-refractivity contribution >= 4 is 39.2 Å². The number of para-hydroxylation sites is 3. The van der Waals surface area contributed by atoms with Gasteiger partial charge in [-0.3, -0.25) is 13.8 Å². The molecule has 7 nitrogen and oxygen atoms in total. The fraction of sp³-hybridized carbons (Fsp3) is 0.0333. The second-order valence-electron chi connectivity index (χ2n) is 8.77. The normalized spacial score (nSPS) is 11.5. The van der Waals surface area contributed by atoms with E-state index in [9.17, 15) is 4.79 Å². The summed E-state index contributed by atoms with van der Waals surface area (Å²) in [5, 5.41) is 11.3. The van der Waals surface area contributed by atoms with Gasteiger partial charge < -0.3 is 0 Å². The molecule has 3 heterocycles. The molecular weight excluding hydrogens is 492 g/mol. The molecule has 7 rings (SSSR count). The van der Waals surface area contributed by atoms with E-state index in [2.05, 4.69) is 10.2 Å². The van der Waals surface area contributed by atoms with Crippen molar-refractivity contribution in [2.24, 2.45) is 0 Å². The topological polar surface area (TPSA) is 78.0 Å². The first-order chi connectivity index (χ1) is 18.8. The lowest BCUT2D eigenvalue weighted by Crippen LogP contribution is -2.23. The van der Waals surface area contributed by atoms with Crippen molar-refractivity contribution < 1.29 is 0 Å². The van der Waals surface area contributed by atoms with E-state index >= 15 is 0 Å². The summed E-state index contributed by atoms with van der Waals surface area (Å²) < 4.78 is 3.68. The van der Waals surface area contributed by atoms with Crippen LogP contribution in [0.25, 0.3) is 44.5 Å². The minimum atomic E-state index is -0.0962. The van der Waals surface area contributed by atoms with E-state index in [4.69, 9.17) is 9.97 Å². The van der Waals surface area contributed by atoms with Crippen molar-refractivity contribution in [3.8, 4) is 17.1 Å². The summed E-state index contributed by atoms with van der Waals surface area (Å²) >= 11 is 1.48. The highest BCUT2D eigenvalue weighted by Gasteiger charge is 2.19. The minimum Gasteiger partial charge on any atom is -0.268 e. The Balaban J connectivity index is 1.39. The van der Waals surface area contributed by atoms with Crippen LogP contribution in [0.5, 0.6) is 0 Å². The first-order valence-electron chi connectivity index (χ1n) is 12.2. The number of benzene rings is 4. The zero-order chi connectivity index (χ0) is 25.5. The van der Waals surface area contributed by atoms with Crippen LogP contribution in [0.4, 0.5) is 0 Å². The van der Waals surface area contributed by atoms with Crippen LogP contribution in [0.2, 0.25) is 0 Å². The van der Waals surface area contributed by atoms with Gasteiger partial charge >= 0.3 is 0 Å². The maximum absolute atomic E-state index is 13.6. The fourth-order valence-electron chi connectivity index (χ4n) is 4.68. The predicted octanol–water partition coefficient (Wildman–Crippen LogP) is 5.94. The number of thioether (sulfide) groups is 1. The highest BCUT2D eigenvalue weighted by atomic mass is 32.2. The molecule has 0 unspecified atom stereocenters. The van der Waals surface area contributed by atoms with E-state index in [1.54, 1.807) is 4.57 Å². The first kappa shape index (κ1) is 22.4. The third-order valence-electron chi connectivity index (χ3n) is 6.44. The number of hydrogen-bond acceptors (Lipinski definition) is 6. The molecule has 0 amide bonds. The third-order valence-corrected chi connectivity index (χ3v) is 7.36. The van der Waals surface area contributed by atoms with Gasteiger partial charge in [0, 0.05) is 10.9 Å². The van der Waals surface area contributed by atoms with E-state index in [0.29, 0.717) is 27.6 Å². The SMILES string of the molecule is O=c1c2ccccc2nc(CSc2nnc3c4ccccc4nc(-c4ccccc4)n23)n1-c1ccccc1. The van der Waals surface area contributed by atoms with Crippen LogP contribution < -0.4 is 5.56 Å². The molecular formula is C30H20N6OS. The minimum absolute atomic E-state index is 0.0962. The molecule has 0 aliphatic carbocycles. The molecule has 0 fully saturated rings. The number of rotatable bonds is 5. The van der Waals surface area contributed by atoms with Gasteiger partial charge in [0.25, 0.3) is 5.56 Å². The van der Waals surface area contributed by atoms with Crippen molar-refractivity contribution in [2.75, 3.05) is 0 Å². The third kappa shape index (κ3) is 3.74. The van der Waals surface area contributed by atoms with Crippen molar-refractivity contribution in [2.45, 2.75) is 10.9 Å². The van der Waals surface area contributed by atoms with Crippen molar-refractivity contribution in [3.63, 3.8) is 0 Å². The van der Waals surface area contributed by atoms with Crippen LogP contribution in [0.3, 0.4) is 0 Å². The zero-order valence-electron chi connectivity index (χ0n) is 20.1. The van der Waals surface area contributed by atoms with Gasteiger partial charge in [-0.25, -0.2) is 9.97 Å². The maximum Gasteiger partial charge on any atom is 0.265 e. The van der Waals surface area contributed by atoms with Crippen molar-refractivity contribution in [3.05, 3.63) is 125 Å². The van der Waals surface area contributed by atoms with Crippen LogP contribution in [-0.4, -0.2) is 29.1 Å². The summed E-state index contributed by atoms with van der Waals surface area (Å²) in [4.78, 5) is 23.5. The molecule has 0 N–H and O–H groups in total. The molecule has 7 aromatic rings. The molecule has 0 aliphatic heterocycles. The highest BCUT2D eigenvalue weighted by Crippen LogP contribution is 2.30. The molecule has 3 aromatic heterocycles. The lowest BCUT2D eigenvalue weighted by molar-refractivity contribution is 0.873. The molecule has 8 heteroatoms. The van der Waals surface area contributed by atoms with Gasteiger partial charge in [0.15, 0.2) is 10.8 Å². The molecule has 0 bridgehead atoms. The van der Waals surface area contributed by atoms with E-state index in [1.165, 1.54) is 11.8 Å². The van der Waals surface area contributed by atoms with Gasteiger partial charge in [-0.05, 0) is 36.4 Å². The number of nitrogens with zero attached hydrogens (tertiary/aromatic N) is 6. The zero-order valence-corrected chi connectivity index (χ0v) is 20.9. The summed E-state index contributed by atoms with van der Waals surface area (Å²) in [6.07, 6.45) is 0. The van der Waals surface area contributed by atoms with Gasteiger partial charge in [0.05, 0.1) is 27.9 Å². The molecule has 4 aromatic carbocycles. The summed E-state index contributed by atoms with van der Waals surface area (Å²) in [6.45, 7) is 0. The lowest BCUT2D eigenvalue weighted by atomic mass is 10.2. The van der Waals surface area contributed by atoms with Crippen molar-refractivity contribution in [1.29, 1.82) is 0 Å². The monoisotopic (exact) mass is 512 g/mol. The second-order valence-corrected chi connectivity index (χ2v) is 9.71. The highest BCUT2D eigenvalue weighted by molar-refractivity contribution is 7.98. The maximum atomic E-state index is 13.6. The van der Waals surface area contributed by atoms with E-state index in [-0.39, 0.29) is 5.56 Å². The molecule has 0 saturated heterocycles. The fourth-order valence-corrected chi connectivity index (χ4v) is 5.53. The Hall–Kier alpha value is -4.82. The number of aromatic nitrogens is 6. The molecule has 0 spiro atoms. The van der Waals surface area contributed by atoms with Gasteiger partial charge in [-0.1, -0.05) is 84.6 Å². The van der Waals surface area contributed by atoms with Crippen LogP contribution in [0.1, 0.15) is 5.82 Å². The lowest BCUT2D eigenvalue weighted by Gasteiger charge is -2.14. The van der Waals surface area contributed by atoms with Crippen molar-refractivity contribution in [1.82, 2.24) is 29.1 Å². The largest absolute Gasteiger partial charge is 0.268 e. The Morgan fingerprint density at radius 3 is 2.05 bits per heavy atom. The van der Waals surface area contributed by atoms with Gasteiger partial charge in [0.1, 0.15) is 11.6 Å². The Morgan fingerprint density at radius 1 is 0.658 bits per heavy atom. The average molecular weight is 513 g/mol. The summed E-state index contributed by atoms with van der Waals surface area (Å²) in [5.41, 5.74) is 3.91. The Kier molecular flexibility index (Phi) is 5.44. The van der Waals surface area contributed by atoms with E-state index < -0.39 is 0 Å². The van der Waals surface area contributed by atoms with Gasteiger partial charge in [-0.15, -0.1) is 10.2 Å². The number of hydrogen-bond donors (Lipinski definition) is 0. The quantitative estimate of drug-likeness (QED) is 0.266. The smallest absolute Gasteiger partial charge is 0.265 e.